The maximum atomic E-state index is 11.3. The van der Waals surface area contributed by atoms with Crippen LogP contribution >= 0.6 is 0 Å². The molecule has 1 fully saturated rings. The van der Waals surface area contributed by atoms with E-state index in [4.69, 9.17) is 18.9 Å². The van der Waals surface area contributed by atoms with E-state index in [2.05, 4.69) is 0 Å². The Bertz CT molecular complexity index is 406. The summed E-state index contributed by atoms with van der Waals surface area (Å²) in [5.74, 6) is -1.83. The van der Waals surface area contributed by atoms with Gasteiger partial charge in [0.25, 0.3) is 0 Å². The number of esters is 3. The molecule has 120 valence electrons. The van der Waals surface area contributed by atoms with Gasteiger partial charge in [0.15, 0.2) is 0 Å². The van der Waals surface area contributed by atoms with Crippen molar-refractivity contribution in [3.63, 3.8) is 0 Å². The lowest BCUT2D eigenvalue weighted by atomic mass is 9.89. The number of carbonyl (C=O) groups is 3. The summed E-state index contributed by atoms with van der Waals surface area (Å²) in [4.78, 5) is 33.8. The first-order valence-corrected chi connectivity index (χ1v) is 6.93. The standard InChI is InChI=1S/C14H22O7/c1-6-11-7(2)12(18-8(3)15)13(19-9(4)16)14(21-11)20-10(5)17/h7,11-14H,6H2,1-5H3/t7-,11-,12+,13+,14?/m1/s1. The number of ether oxygens (including phenoxy) is 4. The quantitative estimate of drug-likeness (QED) is 0.569. The minimum atomic E-state index is -1.09. The van der Waals surface area contributed by atoms with Gasteiger partial charge in [-0.25, -0.2) is 0 Å². The lowest BCUT2D eigenvalue weighted by Gasteiger charge is -2.43. The average molecular weight is 302 g/mol. The molecule has 0 radical (unpaired) electrons. The van der Waals surface area contributed by atoms with Crippen LogP contribution in [-0.4, -0.2) is 42.5 Å². The van der Waals surface area contributed by atoms with Crippen LogP contribution in [0.5, 0.6) is 0 Å². The van der Waals surface area contributed by atoms with Crippen molar-refractivity contribution in [2.75, 3.05) is 0 Å². The van der Waals surface area contributed by atoms with E-state index in [1.54, 1.807) is 0 Å². The normalized spacial score (nSPS) is 32.1. The zero-order valence-corrected chi connectivity index (χ0v) is 13.0. The van der Waals surface area contributed by atoms with Crippen LogP contribution in [0.3, 0.4) is 0 Å². The Hall–Kier alpha value is -1.63. The first kappa shape index (κ1) is 17.4. The van der Waals surface area contributed by atoms with Gasteiger partial charge in [0.1, 0.15) is 6.10 Å². The van der Waals surface area contributed by atoms with Crippen molar-refractivity contribution in [3.8, 4) is 0 Å². The maximum absolute atomic E-state index is 11.3. The second-order valence-electron chi connectivity index (χ2n) is 5.07. The van der Waals surface area contributed by atoms with Gasteiger partial charge in [-0.15, -0.1) is 0 Å². The molecule has 1 unspecified atom stereocenters. The molecule has 0 spiro atoms. The smallest absolute Gasteiger partial charge is 0.305 e. The molecule has 1 heterocycles. The molecule has 0 aliphatic carbocycles. The fraction of sp³-hybridized carbons (Fsp3) is 0.786. The van der Waals surface area contributed by atoms with Gasteiger partial charge in [-0.3, -0.25) is 14.4 Å². The van der Waals surface area contributed by atoms with Crippen molar-refractivity contribution in [1.29, 1.82) is 0 Å². The molecule has 1 rings (SSSR count). The summed E-state index contributed by atoms with van der Waals surface area (Å²) in [6.07, 6.45) is -2.42. The summed E-state index contributed by atoms with van der Waals surface area (Å²) in [7, 11) is 0. The second kappa shape index (κ2) is 7.40. The Morgan fingerprint density at radius 2 is 1.38 bits per heavy atom. The Labute approximate surface area is 123 Å². The molecule has 0 aromatic carbocycles. The highest BCUT2D eigenvalue weighted by atomic mass is 16.7. The third-order valence-electron chi connectivity index (χ3n) is 3.29. The molecule has 1 aliphatic rings. The zero-order chi connectivity index (χ0) is 16.2. The van der Waals surface area contributed by atoms with E-state index in [-0.39, 0.29) is 12.0 Å². The lowest BCUT2D eigenvalue weighted by Crippen LogP contribution is -2.57. The molecule has 7 heteroatoms. The largest absolute Gasteiger partial charge is 0.458 e. The van der Waals surface area contributed by atoms with Crippen LogP contribution in [0.4, 0.5) is 0 Å². The number of carbonyl (C=O) groups excluding carboxylic acids is 3. The van der Waals surface area contributed by atoms with Gasteiger partial charge >= 0.3 is 17.9 Å². The molecule has 0 aromatic rings. The van der Waals surface area contributed by atoms with Crippen molar-refractivity contribution < 1.29 is 33.3 Å². The first-order valence-electron chi connectivity index (χ1n) is 6.93. The van der Waals surface area contributed by atoms with Crippen molar-refractivity contribution in [2.24, 2.45) is 5.92 Å². The molecule has 5 atom stereocenters. The monoisotopic (exact) mass is 302 g/mol. The van der Waals surface area contributed by atoms with Crippen LogP contribution in [0.25, 0.3) is 0 Å². The van der Waals surface area contributed by atoms with E-state index in [1.807, 2.05) is 13.8 Å². The van der Waals surface area contributed by atoms with Gasteiger partial charge in [-0.1, -0.05) is 13.8 Å². The topological polar surface area (TPSA) is 88.1 Å². The summed E-state index contributed by atoms with van der Waals surface area (Å²) in [6, 6.07) is 0. The minimum absolute atomic E-state index is 0.199. The van der Waals surface area contributed by atoms with Crippen LogP contribution in [-0.2, 0) is 33.3 Å². The summed E-state index contributed by atoms with van der Waals surface area (Å²) in [5, 5.41) is 0. The highest BCUT2D eigenvalue weighted by molar-refractivity contribution is 5.68. The van der Waals surface area contributed by atoms with Crippen molar-refractivity contribution in [1.82, 2.24) is 0 Å². The summed E-state index contributed by atoms with van der Waals surface area (Å²) >= 11 is 0. The molecule has 1 aliphatic heterocycles. The van der Waals surface area contributed by atoms with Crippen LogP contribution in [0, 0.1) is 5.92 Å². The number of rotatable bonds is 4. The molecule has 0 bridgehead atoms. The summed E-state index contributed by atoms with van der Waals surface area (Å²) < 4.78 is 21.2. The highest BCUT2D eigenvalue weighted by Gasteiger charge is 2.48. The third kappa shape index (κ3) is 4.70. The minimum Gasteiger partial charge on any atom is -0.458 e. The van der Waals surface area contributed by atoms with Gasteiger partial charge < -0.3 is 18.9 Å². The Morgan fingerprint density at radius 3 is 1.81 bits per heavy atom. The fourth-order valence-corrected chi connectivity index (χ4v) is 2.45. The van der Waals surface area contributed by atoms with E-state index >= 15 is 0 Å². The summed E-state index contributed by atoms with van der Waals surface area (Å²) in [5.41, 5.74) is 0. The zero-order valence-electron chi connectivity index (χ0n) is 13.0. The van der Waals surface area contributed by atoms with Crippen LogP contribution in [0.2, 0.25) is 0 Å². The summed E-state index contributed by atoms with van der Waals surface area (Å²) in [6.45, 7) is 7.47. The maximum Gasteiger partial charge on any atom is 0.305 e. The predicted octanol–water partition coefficient (Wildman–Crippen LogP) is 1.18. The first-order chi connectivity index (χ1) is 9.76. The van der Waals surface area contributed by atoms with E-state index in [0.717, 1.165) is 0 Å². The second-order valence-corrected chi connectivity index (χ2v) is 5.07. The van der Waals surface area contributed by atoms with Gasteiger partial charge in [0, 0.05) is 26.7 Å². The predicted molar refractivity (Wildman–Crippen MR) is 71.0 cm³/mol. The van der Waals surface area contributed by atoms with Gasteiger partial charge in [0.2, 0.25) is 12.4 Å². The molecule has 21 heavy (non-hydrogen) atoms. The molecule has 0 N–H and O–H groups in total. The van der Waals surface area contributed by atoms with E-state index in [1.165, 1.54) is 20.8 Å². The molecular formula is C14H22O7. The Morgan fingerprint density at radius 1 is 0.905 bits per heavy atom. The van der Waals surface area contributed by atoms with Crippen molar-refractivity contribution in [2.45, 2.75) is 65.6 Å². The van der Waals surface area contributed by atoms with E-state index in [0.29, 0.717) is 6.42 Å². The Kier molecular flexibility index (Phi) is 6.14. The van der Waals surface area contributed by atoms with E-state index < -0.39 is 36.4 Å². The molecular weight excluding hydrogens is 280 g/mol. The van der Waals surface area contributed by atoms with E-state index in [9.17, 15) is 14.4 Å². The molecule has 0 saturated carbocycles. The molecule has 0 amide bonds. The third-order valence-corrected chi connectivity index (χ3v) is 3.29. The van der Waals surface area contributed by atoms with Crippen LogP contribution in [0.1, 0.15) is 41.0 Å². The average Bonchev–Trinajstić information content (AvgIpc) is 2.35. The molecule has 0 aromatic heterocycles. The SMILES string of the molecule is CC[C@H]1OC(OC(C)=O)[C@@H](OC(C)=O)[C@@H](OC(C)=O)[C@@H]1C. The Balaban J connectivity index is 3.05. The van der Waals surface area contributed by atoms with Gasteiger partial charge in [-0.2, -0.15) is 0 Å². The molecule has 1 saturated heterocycles. The molecule has 7 nitrogen and oxygen atoms in total. The van der Waals surface area contributed by atoms with Crippen molar-refractivity contribution >= 4 is 17.9 Å². The van der Waals surface area contributed by atoms with Gasteiger partial charge in [0.05, 0.1) is 6.10 Å². The fourth-order valence-electron chi connectivity index (χ4n) is 2.45. The van der Waals surface area contributed by atoms with Crippen molar-refractivity contribution in [3.05, 3.63) is 0 Å². The number of hydrogen-bond acceptors (Lipinski definition) is 7. The number of hydrogen-bond donors (Lipinski definition) is 0. The lowest BCUT2D eigenvalue weighted by molar-refractivity contribution is -0.281. The van der Waals surface area contributed by atoms with Crippen LogP contribution < -0.4 is 0 Å². The van der Waals surface area contributed by atoms with Gasteiger partial charge in [-0.05, 0) is 6.42 Å². The highest BCUT2D eigenvalue weighted by Crippen LogP contribution is 2.32. The van der Waals surface area contributed by atoms with Crippen LogP contribution in [0.15, 0.2) is 0 Å².